The molecule has 4 N–H and O–H groups in total. The molecule has 2 aromatic rings. The first-order valence-electron chi connectivity index (χ1n) is 9.80. The lowest BCUT2D eigenvalue weighted by molar-refractivity contribution is 0.244. The van der Waals surface area contributed by atoms with Crippen LogP contribution < -0.4 is 16.4 Å². The lowest BCUT2D eigenvalue weighted by Gasteiger charge is -2.23. The molecule has 2 amide bonds. The van der Waals surface area contributed by atoms with Crippen LogP contribution in [0.3, 0.4) is 0 Å². The van der Waals surface area contributed by atoms with Gasteiger partial charge in [-0.3, -0.25) is 0 Å². The van der Waals surface area contributed by atoms with Crippen LogP contribution in [0.25, 0.3) is 5.69 Å². The monoisotopic (exact) mass is 369 g/mol. The minimum Gasteiger partial charge on any atom is -0.382 e. The van der Waals surface area contributed by atoms with Crippen molar-refractivity contribution in [2.24, 2.45) is 0 Å². The van der Waals surface area contributed by atoms with Crippen molar-refractivity contribution in [2.45, 2.75) is 71.3 Å². The van der Waals surface area contributed by atoms with Crippen LogP contribution in [0, 0.1) is 6.92 Å². The molecule has 1 saturated carbocycles. The molecule has 1 aliphatic carbocycles. The zero-order valence-corrected chi connectivity index (χ0v) is 16.8. The Labute approximate surface area is 161 Å². The maximum atomic E-state index is 12.6. The number of nitrogen functional groups attached to an aromatic ring is 1. The summed E-state index contributed by atoms with van der Waals surface area (Å²) in [5.41, 5.74) is 9.55. The van der Waals surface area contributed by atoms with E-state index in [9.17, 15) is 4.79 Å². The number of hydrogen-bond acceptors (Lipinski definition) is 3. The number of nitrogens with one attached hydrogen (secondary N) is 2. The summed E-state index contributed by atoms with van der Waals surface area (Å²) in [5.74, 6) is 0.452. The van der Waals surface area contributed by atoms with Crippen molar-refractivity contribution < 1.29 is 4.79 Å². The van der Waals surface area contributed by atoms with Gasteiger partial charge < -0.3 is 16.4 Å². The van der Waals surface area contributed by atoms with Gasteiger partial charge in [-0.15, -0.1) is 0 Å². The maximum Gasteiger partial charge on any atom is 0.319 e. The van der Waals surface area contributed by atoms with Gasteiger partial charge >= 0.3 is 6.03 Å². The van der Waals surface area contributed by atoms with E-state index in [-0.39, 0.29) is 17.5 Å². The Balaban J connectivity index is 1.91. The Morgan fingerprint density at radius 3 is 2.48 bits per heavy atom. The second-order valence-corrected chi connectivity index (χ2v) is 8.49. The van der Waals surface area contributed by atoms with Crippen LogP contribution in [0.5, 0.6) is 0 Å². The molecule has 1 aromatic carbocycles. The van der Waals surface area contributed by atoms with Crippen LogP contribution in [-0.4, -0.2) is 21.9 Å². The quantitative estimate of drug-likeness (QED) is 0.744. The summed E-state index contributed by atoms with van der Waals surface area (Å²) in [7, 11) is 0. The average molecular weight is 370 g/mol. The van der Waals surface area contributed by atoms with E-state index < -0.39 is 0 Å². The molecule has 1 aromatic heterocycles. The number of carbonyl (C=O) groups excluding carboxylic acids is 1. The number of para-hydroxylation sites is 1. The minimum atomic E-state index is -0.254. The fourth-order valence-corrected chi connectivity index (χ4v) is 3.65. The summed E-state index contributed by atoms with van der Waals surface area (Å²) < 4.78 is 1.73. The first-order chi connectivity index (χ1) is 12.8. The Morgan fingerprint density at radius 2 is 1.85 bits per heavy atom. The number of nitrogens with zero attached hydrogens (tertiary/aromatic N) is 2. The highest BCUT2D eigenvalue weighted by molar-refractivity contribution is 5.93. The van der Waals surface area contributed by atoms with E-state index >= 15 is 0 Å². The van der Waals surface area contributed by atoms with Crippen LogP contribution in [0.4, 0.5) is 16.3 Å². The van der Waals surface area contributed by atoms with Crippen LogP contribution in [0.1, 0.15) is 64.1 Å². The number of benzene rings is 1. The highest BCUT2D eigenvalue weighted by Crippen LogP contribution is 2.35. The third-order valence-electron chi connectivity index (χ3n) is 5.15. The van der Waals surface area contributed by atoms with Gasteiger partial charge in [0.25, 0.3) is 0 Å². The molecule has 0 radical (unpaired) electrons. The summed E-state index contributed by atoms with van der Waals surface area (Å²) in [6.45, 7) is 8.24. The fraction of sp³-hybridized carbons (Fsp3) is 0.524. The third-order valence-corrected chi connectivity index (χ3v) is 5.15. The summed E-state index contributed by atoms with van der Waals surface area (Å²) in [6, 6.07) is 7.99. The predicted molar refractivity (Wildman–Crippen MR) is 110 cm³/mol. The van der Waals surface area contributed by atoms with Gasteiger partial charge in [-0.05, 0) is 31.4 Å². The molecule has 1 fully saturated rings. The van der Waals surface area contributed by atoms with E-state index in [1.807, 2.05) is 31.2 Å². The largest absolute Gasteiger partial charge is 0.382 e. The van der Waals surface area contributed by atoms with E-state index in [0.29, 0.717) is 11.5 Å². The van der Waals surface area contributed by atoms with Gasteiger partial charge in [-0.2, -0.15) is 5.10 Å². The van der Waals surface area contributed by atoms with Crippen molar-refractivity contribution in [1.29, 1.82) is 0 Å². The molecule has 1 heterocycles. The summed E-state index contributed by atoms with van der Waals surface area (Å²) in [5, 5.41) is 10.8. The van der Waals surface area contributed by atoms with Gasteiger partial charge in [-0.25, -0.2) is 9.48 Å². The Hall–Kier alpha value is -2.50. The molecule has 27 heavy (non-hydrogen) atoms. The van der Waals surface area contributed by atoms with Crippen LogP contribution in [-0.2, 0) is 5.41 Å². The number of carbonyl (C=O) groups is 1. The van der Waals surface area contributed by atoms with Gasteiger partial charge in [0.15, 0.2) is 5.82 Å². The second-order valence-electron chi connectivity index (χ2n) is 8.49. The van der Waals surface area contributed by atoms with Crippen LogP contribution in [0.2, 0.25) is 0 Å². The summed E-state index contributed by atoms with van der Waals surface area (Å²) in [4.78, 5) is 12.6. The van der Waals surface area contributed by atoms with Crippen molar-refractivity contribution in [3.63, 3.8) is 0 Å². The van der Waals surface area contributed by atoms with E-state index in [4.69, 9.17) is 10.8 Å². The SMILES string of the molecule is Cc1ccccc1-n1nc(C(C)(C)C)c(NC(=O)NC2CCCCC2)c1N. The predicted octanol–water partition coefficient (Wildman–Crippen LogP) is 4.51. The van der Waals surface area contributed by atoms with Crippen molar-refractivity contribution in [3.8, 4) is 5.69 Å². The van der Waals surface area contributed by atoms with E-state index in [0.717, 1.165) is 29.8 Å². The van der Waals surface area contributed by atoms with Crippen LogP contribution >= 0.6 is 0 Å². The normalized spacial score (nSPS) is 15.6. The van der Waals surface area contributed by atoms with Crippen molar-refractivity contribution in [2.75, 3.05) is 11.1 Å². The number of aromatic nitrogens is 2. The molecular formula is C21H31N5O. The number of amides is 2. The van der Waals surface area contributed by atoms with Gasteiger partial charge in [0.1, 0.15) is 5.69 Å². The van der Waals surface area contributed by atoms with E-state index in [1.54, 1.807) is 4.68 Å². The standard InChI is InChI=1S/C21H31N5O/c1-14-10-8-9-13-16(14)26-19(22)17(18(25-26)21(2,3)4)24-20(27)23-15-11-6-5-7-12-15/h8-10,13,15H,5-7,11-12,22H2,1-4H3,(H2,23,24,27). The molecular weight excluding hydrogens is 338 g/mol. The van der Waals surface area contributed by atoms with Crippen molar-refractivity contribution >= 4 is 17.5 Å². The number of hydrogen-bond donors (Lipinski definition) is 3. The Kier molecular flexibility index (Phi) is 5.44. The highest BCUT2D eigenvalue weighted by Gasteiger charge is 2.28. The molecule has 6 nitrogen and oxygen atoms in total. The Bertz CT molecular complexity index is 812. The molecule has 0 atom stereocenters. The fourth-order valence-electron chi connectivity index (χ4n) is 3.65. The number of rotatable bonds is 3. The van der Waals surface area contributed by atoms with Crippen molar-refractivity contribution in [3.05, 3.63) is 35.5 Å². The number of aryl methyl sites for hydroxylation is 1. The second kappa shape index (κ2) is 7.62. The molecule has 0 aliphatic heterocycles. The first kappa shape index (κ1) is 19.3. The van der Waals surface area contributed by atoms with Gasteiger partial charge in [0, 0.05) is 11.5 Å². The zero-order chi connectivity index (χ0) is 19.6. The lowest BCUT2D eigenvalue weighted by atomic mass is 9.91. The average Bonchev–Trinajstić information content (AvgIpc) is 2.93. The lowest BCUT2D eigenvalue weighted by Crippen LogP contribution is -2.39. The molecule has 0 saturated heterocycles. The van der Waals surface area contributed by atoms with Gasteiger partial charge in [-0.1, -0.05) is 58.2 Å². The third kappa shape index (κ3) is 4.26. The molecule has 0 bridgehead atoms. The number of anilines is 2. The highest BCUT2D eigenvalue weighted by atomic mass is 16.2. The topological polar surface area (TPSA) is 85.0 Å². The zero-order valence-electron chi connectivity index (χ0n) is 16.8. The van der Waals surface area contributed by atoms with Crippen molar-refractivity contribution in [1.82, 2.24) is 15.1 Å². The maximum absolute atomic E-state index is 12.6. The van der Waals surface area contributed by atoms with E-state index in [1.165, 1.54) is 19.3 Å². The van der Waals surface area contributed by atoms with Crippen LogP contribution in [0.15, 0.2) is 24.3 Å². The Morgan fingerprint density at radius 1 is 1.19 bits per heavy atom. The van der Waals surface area contributed by atoms with Gasteiger partial charge in [0.05, 0.1) is 11.4 Å². The molecule has 6 heteroatoms. The smallest absolute Gasteiger partial charge is 0.319 e. The molecule has 0 spiro atoms. The molecule has 3 rings (SSSR count). The van der Waals surface area contributed by atoms with E-state index in [2.05, 4.69) is 31.4 Å². The van der Waals surface area contributed by atoms with Gasteiger partial charge in [0.2, 0.25) is 0 Å². The number of nitrogens with two attached hydrogens (primary N) is 1. The number of urea groups is 1. The first-order valence-corrected chi connectivity index (χ1v) is 9.80. The molecule has 1 aliphatic rings. The molecule has 0 unspecified atom stereocenters. The molecule has 146 valence electrons. The summed E-state index contributed by atoms with van der Waals surface area (Å²) >= 11 is 0. The summed E-state index contributed by atoms with van der Waals surface area (Å²) in [6.07, 6.45) is 5.68. The minimum absolute atomic E-state index is 0.205.